The summed E-state index contributed by atoms with van der Waals surface area (Å²) in [6, 6.07) is -1.07. The number of halogens is 3. The van der Waals surface area contributed by atoms with E-state index in [1.807, 2.05) is 0 Å². The van der Waals surface area contributed by atoms with Crippen LogP contribution in [-0.2, 0) is 16.1 Å². The van der Waals surface area contributed by atoms with Crippen LogP contribution in [0.3, 0.4) is 0 Å². The maximum Gasteiger partial charge on any atom is 0.471 e. The van der Waals surface area contributed by atoms with E-state index in [1.165, 1.54) is 11.9 Å². The number of amides is 2. The van der Waals surface area contributed by atoms with Gasteiger partial charge in [-0.2, -0.15) is 13.2 Å². The standard InChI is InChI=1S/C14H18F3N3O3/c1-8-10(9(2)23-18-8)7-19(3)12(21)11-5-4-6-20(11)13(22)14(15,16)17/h11H,4-7H2,1-3H3. The molecule has 2 amide bonds. The van der Waals surface area contributed by atoms with Gasteiger partial charge in [0.15, 0.2) is 0 Å². The van der Waals surface area contributed by atoms with E-state index in [0.29, 0.717) is 28.3 Å². The van der Waals surface area contributed by atoms with Gasteiger partial charge in [-0.15, -0.1) is 0 Å². The van der Waals surface area contributed by atoms with Gasteiger partial charge in [-0.05, 0) is 26.7 Å². The van der Waals surface area contributed by atoms with Crippen LogP contribution < -0.4 is 0 Å². The second-order valence-corrected chi connectivity index (χ2v) is 5.65. The molecule has 1 aliphatic heterocycles. The van der Waals surface area contributed by atoms with Gasteiger partial charge in [0.1, 0.15) is 11.8 Å². The summed E-state index contributed by atoms with van der Waals surface area (Å²) < 4.78 is 42.8. The first kappa shape index (κ1) is 17.3. The van der Waals surface area contributed by atoms with Crippen molar-refractivity contribution in [1.82, 2.24) is 15.0 Å². The highest BCUT2D eigenvalue weighted by Crippen LogP contribution is 2.27. The van der Waals surface area contributed by atoms with Gasteiger partial charge in [0, 0.05) is 19.2 Å². The van der Waals surface area contributed by atoms with E-state index >= 15 is 0 Å². The van der Waals surface area contributed by atoms with Crippen LogP contribution in [-0.4, -0.2) is 52.6 Å². The zero-order chi connectivity index (χ0) is 17.4. The summed E-state index contributed by atoms with van der Waals surface area (Å²) in [6.45, 7) is 3.53. The first-order chi connectivity index (χ1) is 10.6. The van der Waals surface area contributed by atoms with Gasteiger partial charge in [-0.3, -0.25) is 9.59 Å². The van der Waals surface area contributed by atoms with E-state index in [-0.39, 0.29) is 19.5 Å². The second-order valence-electron chi connectivity index (χ2n) is 5.65. The molecule has 6 nitrogen and oxygen atoms in total. The van der Waals surface area contributed by atoms with E-state index in [1.54, 1.807) is 13.8 Å². The molecule has 23 heavy (non-hydrogen) atoms. The molecule has 1 aromatic rings. The number of likely N-dealkylation sites (N-methyl/N-ethyl adjacent to an activating group) is 1. The van der Waals surface area contributed by atoms with Crippen molar-refractivity contribution in [3.05, 3.63) is 17.0 Å². The molecule has 9 heteroatoms. The second kappa shape index (κ2) is 6.21. The van der Waals surface area contributed by atoms with Crippen molar-refractivity contribution in [2.45, 2.75) is 45.5 Å². The molecule has 1 aromatic heterocycles. The lowest BCUT2D eigenvalue weighted by Crippen LogP contribution is -2.50. The maximum atomic E-state index is 12.6. The molecule has 0 radical (unpaired) electrons. The average molecular weight is 333 g/mol. The van der Waals surface area contributed by atoms with Crippen molar-refractivity contribution in [1.29, 1.82) is 0 Å². The van der Waals surface area contributed by atoms with Crippen LogP contribution in [0.1, 0.15) is 29.9 Å². The number of alkyl halides is 3. The lowest BCUT2D eigenvalue weighted by atomic mass is 10.1. The molecule has 1 saturated heterocycles. The highest BCUT2D eigenvalue weighted by molar-refractivity contribution is 5.90. The number of likely N-dealkylation sites (tertiary alicyclic amines) is 1. The molecule has 2 heterocycles. The lowest BCUT2D eigenvalue weighted by molar-refractivity contribution is -0.187. The van der Waals surface area contributed by atoms with E-state index in [4.69, 9.17) is 4.52 Å². The van der Waals surface area contributed by atoms with E-state index in [9.17, 15) is 22.8 Å². The molecule has 1 unspecified atom stereocenters. The predicted molar refractivity (Wildman–Crippen MR) is 73.2 cm³/mol. The fourth-order valence-electron chi connectivity index (χ4n) is 2.73. The highest BCUT2D eigenvalue weighted by atomic mass is 19.4. The molecule has 1 aliphatic rings. The summed E-state index contributed by atoms with van der Waals surface area (Å²) in [5.74, 6) is -1.92. The molecule has 2 rings (SSSR count). The molecule has 0 N–H and O–H groups in total. The monoisotopic (exact) mass is 333 g/mol. The van der Waals surface area contributed by atoms with Crippen LogP contribution >= 0.6 is 0 Å². The number of carbonyl (C=O) groups is 2. The van der Waals surface area contributed by atoms with Crippen LogP contribution in [0.2, 0.25) is 0 Å². The van der Waals surface area contributed by atoms with Gasteiger partial charge < -0.3 is 14.3 Å². The Hall–Kier alpha value is -2.06. The van der Waals surface area contributed by atoms with Crippen molar-refractivity contribution >= 4 is 11.8 Å². The molecule has 0 saturated carbocycles. The Kier molecular flexibility index (Phi) is 4.67. The molecule has 0 aliphatic carbocycles. The number of aryl methyl sites for hydroxylation is 2. The molecule has 1 atom stereocenters. The Morgan fingerprint density at radius 2 is 2.04 bits per heavy atom. The van der Waals surface area contributed by atoms with E-state index in [0.717, 1.165) is 0 Å². The van der Waals surface area contributed by atoms with Crippen molar-refractivity contribution < 1.29 is 27.3 Å². The Labute approximate surface area is 131 Å². The number of aromatic nitrogens is 1. The first-order valence-corrected chi connectivity index (χ1v) is 7.17. The third-order valence-electron chi connectivity index (χ3n) is 3.99. The Balaban J connectivity index is 2.11. The van der Waals surface area contributed by atoms with Crippen molar-refractivity contribution in [2.75, 3.05) is 13.6 Å². The fourth-order valence-corrected chi connectivity index (χ4v) is 2.73. The third kappa shape index (κ3) is 3.48. The van der Waals surface area contributed by atoms with Gasteiger partial charge in [-0.1, -0.05) is 5.16 Å². The van der Waals surface area contributed by atoms with Crippen LogP contribution in [0, 0.1) is 13.8 Å². The summed E-state index contributed by atoms with van der Waals surface area (Å²) in [6.07, 6.45) is -4.37. The van der Waals surface area contributed by atoms with Crippen LogP contribution in [0.5, 0.6) is 0 Å². The number of hydrogen-bond acceptors (Lipinski definition) is 4. The number of rotatable bonds is 3. The maximum absolute atomic E-state index is 12.6. The number of nitrogens with zero attached hydrogens (tertiary/aromatic N) is 3. The van der Waals surface area contributed by atoms with Crippen molar-refractivity contribution in [3.8, 4) is 0 Å². The summed E-state index contributed by atoms with van der Waals surface area (Å²) >= 11 is 0. The van der Waals surface area contributed by atoms with Gasteiger partial charge in [0.05, 0.1) is 12.2 Å². The predicted octanol–water partition coefficient (Wildman–Crippen LogP) is 1.80. The van der Waals surface area contributed by atoms with Gasteiger partial charge >= 0.3 is 12.1 Å². The lowest BCUT2D eigenvalue weighted by Gasteiger charge is -2.28. The molecular formula is C14H18F3N3O3. The molecule has 1 fully saturated rings. The molecular weight excluding hydrogens is 315 g/mol. The molecule has 128 valence electrons. The zero-order valence-corrected chi connectivity index (χ0v) is 13.1. The van der Waals surface area contributed by atoms with Gasteiger partial charge in [0.25, 0.3) is 0 Å². The van der Waals surface area contributed by atoms with Crippen LogP contribution in [0.15, 0.2) is 4.52 Å². The summed E-state index contributed by atoms with van der Waals surface area (Å²) in [5, 5.41) is 3.78. The zero-order valence-electron chi connectivity index (χ0n) is 13.1. The third-order valence-corrected chi connectivity index (χ3v) is 3.99. The van der Waals surface area contributed by atoms with Crippen molar-refractivity contribution in [3.63, 3.8) is 0 Å². The smallest absolute Gasteiger partial charge is 0.361 e. The van der Waals surface area contributed by atoms with Crippen molar-refractivity contribution in [2.24, 2.45) is 0 Å². The SMILES string of the molecule is Cc1noc(C)c1CN(C)C(=O)C1CCCN1C(=O)C(F)(F)F. The largest absolute Gasteiger partial charge is 0.471 e. The average Bonchev–Trinajstić information content (AvgIpc) is 3.06. The first-order valence-electron chi connectivity index (χ1n) is 7.17. The molecule has 0 bridgehead atoms. The normalized spacial score (nSPS) is 18.3. The Bertz CT molecular complexity index is 593. The minimum atomic E-state index is -4.97. The Morgan fingerprint density at radius 3 is 2.57 bits per heavy atom. The minimum Gasteiger partial charge on any atom is -0.361 e. The van der Waals surface area contributed by atoms with E-state index < -0.39 is 24.0 Å². The summed E-state index contributed by atoms with van der Waals surface area (Å²) in [5.41, 5.74) is 1.34. The fraction of sp³-hybridized carbons (Fsp3) is 0.643. The Morgan fingerprint density at radius 1 is 1.39 bits per heavy atom. The highest BCUT2D eigenvalue weighted by Gasteiger charge is 2.48. The molecule has 0 spiro atoms. The minimum absolute atomic E-state index is 0.0616. The molecule has 0 aromatic carbocycles. The van der Waals surface area contributed by atoms with Gasteiger partial charge in [-0.25, -0.2) is 0 Å². The van der Waals surface area contributed by atoms with Gasteiger partial charge in [0.2, 0.25) is 5.91 Å². The number of hydrogen-bond donors (Lipinski definition) is 0. The van der Waals surface area contributed by atoms with Crippen LogP contribution in [0.4, 0.5) is 13.2 Å². The number of carbonyl (C=O) groups excluding carboxylic acids is 2. The quantitative estimate of drug-likeness (QED) is 0.846. The topological polar surface area (TPSA) is 66.7 Å². The van der Waals surface area contributed by atoms with E-state index in [2.05, 4.69) is 5.16 Å². The van der Waals surface area contributed by atoms with Crippen LogP contribution in [0.25, 0.3) is 0 Å². The summed E-state index contributed by atoms with van der Waals surface area (Å²) in [7, 11) is 1.49. The summed E-state index contributed by atoms with van der Waals surface area (Å²) in [4.78, 5) is 25.8.